The zero-order valence-corrected chi connectivity index (χ0v) is 16.5. The van der Waals surface area contributed by atoms with Crippen molar-refractivity contribution in [2.45, 2.75) is 25.5 Å². The molecule has 0 spiro atoms. The summed E-state index contributed by atoms with van der Waals surface area (Å²) in [7, 11) is 0. The standard InChI is InChI=1S/C20H22N2O5S/c1-14(16-9-6-10-17(13-16)22(25)26)27-20(24)18(11-12-28-2)21-19(23)15-7-4-3-5-8-15/h3-10,13-14,18H,11-12H2,1-2H3,(H,21,23)/t14-,18-/m1/s1. The molecular weight excluding hydrogens is 380 g/mol. The van der Waals surface area contributed by atoms with E-state index in [9.17, 15) is 19.7 Å². The molecule has 0 heterocycles. The summed E-state index contributed by atoms with van der Waals surface area (Å²) in [5.74, 6) is -0.260. The third-order valence-corrected chi connectivity index (χ3v) is 4.72. The molecule has 2 atom stereocenters. The number of rotatable bonds is 9. The van der Waals surface area contributed by atoms with E-state index < -0.39 is 23.0 Å². The van der Waals surface area contributed by atoms with Crippen LogP contribution in [0.2, 0.25) is 0 Å². The normalized spacial score (nSPS) is 12.6. The number of esters is 1. The first-order chi connectivity index (χ1) is 13.4. The summed E-state index contributed by atoms with van der Waals surface area (Å²) in [6, 6.07) is 13.8. The quantitative estimate of drug-likeness (QED) is 0.390. The van der Waals surface area contributed by atoms with Crippen molar-refractivity contribution in [2.75, 3.05) is 12.0 Å². The van der Waals surface area contributed by atoms with Gasteiger partial charge in [0.1, 0.15) is 12.1 Å². The minimum atomic E-state index is -0.804. The van der Waals surface area contributed by atoms with Crippen LogP contribution in [0.1, 0.15) is 35.4 Å². The van der Waals surface area contributed by atoms with Gasteiger partial charge in [0.15, 0.2) is 0 Å². The number of nitro benzene ring substituents is 1. The van der Waals surface area contributed by atoms with Gasteiger partial charge >= 0.3 is 5.97 Å². The summed E-state index contributed by atoms with van der Waals surface area (Å²) < 4.78 is 5.48. The Morgan fingerprint density at radius 1 is 1.18 bits per heavy atom. The Kier molecular flexibility index (Phi) is 8.01. The van der Waals surface area contributed by atoms with Gasteiger partial charge in [-0.3, -0.25) is 14.9 Å². The third-order valence-electron chi connectivity index (χ3n) is 4.08. The van der Waals surface area contributed by atoms with Crippen LogP contribution in [0.15, 0.2) is 54.6 Å². The van der Waals surface area contributed by atoms with Gasteiger partial charge in [-0.2, -0.15) is 11.8 Å². The van der Waals surface area contributed by atoms with Crippen molar-refractivity contribution in [1.82, 2.24) is 5.32 Å². The van der Waals surface area contributed by atoms with Crippen LogP contribution in [0.3, 0.4) is 0 Å². The van der Waals surface area contributed by atoms with E-state index in [1.165, 1.54) is 12.1 Å². The first kappa shape index (κ1) is 21.4. The Bertz CT molecular complexity index is 828. The first-order valence-electron chi connectivity index (χ1n) is 8.72. The zero-order valence-electron chi connectivity index (χ0n) is 15.7. The van der Waals surface area contributed by atoms with E-state index in [1.807, 2.05) is 6.26 Å². The number of benzene rings is 2. The largest absolute Gasteiger partial charge is 0.456 e. The number of hydrogen-bond donors (Lipinski definition) is 1. The number of hydrogen-bond acceptors (Lipinski definition) is 6. The summed E-state index contributed by atoms with van der Waals surface area (Å²) in [6.45, 7) is 1.64. The van der Waals surface area contributed by atoms with Gasteiger partial charge < -0.3 is 10.1 Å². The van der Waals surface area contributed by atoms with Crippen molar-refractivity contribution in [1.29, 1.82) is 0 Å². The maximum atomic E-state index is 12.6. The SMILES string of the molecule is CSCC[C@@H](NC(=O)c1ccccc1)C(=O)O[C@H](C)c1cccc([N+](=O)[O-])c1. The van der Waals surface area contributed by atoms with Crippen molar-refractivity contribution < 1.29 is 19.2 Å². The van der Waals surface area contributed by atoms with E-state index in [1.54, 1.807) is 61.2 Å². The number of nitro groups is 1. The number of non-ortho nitro benzene ring substituents is 1. The molecule has 2 aromatic carbocycles. The van der Waals surface area contributed by atoms with Crippen LogP contribution in [0.5, 0.6) is 0 Å². The molecule has 8 heteroatoms. The average Bonchev–Trinajstić information content (AvgIpc) is 2.71. The van der Waals surface area contributed by atoms with E-state index in [0.29, 0.717) is 23.3 Å². The summed E-state index contributed by atoms with van der Waals surface area (Å²) in [6.07, 6.45) is 1.64. The Balaban J connectivity index is 2.08. The smallest absolute Gasteiger partial charge is 0.329 e. The second-order valence-electron chi connectivity index (χ2n) is 6.10. The molecule has 28 heavy (non-hydrogen) atoms. The molecule has 1 amide bonds. The van der Waals surface area contributed by atoms with E-state index in [0.717, 1.165) is 0 Å². The number of thioether (sulfide) groups is 1. The highest BCUT2D eigenvalue weighted by molar-refractivity contribution is 7.98. The second kappa shape index (κ2) is 10.5. The lowest BCUT2D eigenvalue weighted by atomic mass is 10.1. The van der Waals surface area contributed by atoms with Crippen LogP contribution in [0.25, 0.3) is 0 Å². The highest BCUT2D eigenvalue weighted by atomic mass is 32.2. The van der Waals surface area contributed by atoms with Crippen LogP contribution >= 0.6 is 11.8 Å². The maximum Gasteiger partial charge on any atom is 0.329 e. The van der Waals surface area contributed by atoms with Crippen LogP contribution in [0, 0.1) is 10.1 Å². The van der Waals surface area contributed by atoms with Gasteiger partial charge in [0.05, 0.1) is 4.92 Å². The van der Waals surface area contributed by atoms with Gasteiger partial charge in [-0.25, -0.2) is 4.79 Å². The van der Waals surface area contributed by atoms with Gasteiger partial charge in [-0.05, 0) is 43.0 Å². The lowest BCUT2D eigenvalue weighted by Crippen LogP contribution is -2.42. The first-order valence-corrected chi connectivity index (χ1v) is 10.1. The molecular formula is C20H22N2O5S. The van der Waals surface area contributed by atoms with E-state index in [2.05, 4.69) is 5.32 Å². The fourth-order valence-corrected chi connectivity index (χ4v) is 3.00. The molecule has 0 aromatic heterocycles. The highest BCUT2D eigenvalue weighted by Gasteiger charge is 2.25. The average molecular weight is 402 g/mol. The summed E-state index contributed by atoms with van der Waals surface area (Å²) in [5.41, 5.74) is 0.897. The van der Waals surface area contributed by atoms with E-state index in [-0.39, 0.29) is 11.6 Å². The van der Waals surface area contributed by atoms with Crippen molar-refractivity contribution >= 4 is 29.3 Å². The number of ether oxygens (including phenoxy) is 1. The van der Waals surface area contributed by atoms with Crippen LogP contribution in [-0.2, 0) is 9.53 Å². The van der Waals surface area contributed by atoms with Crippen molar-refractivity contribution in [3.63, 3.8) is 0 Å². The Morgan fingerprint density at radius 3 is 2.54 bits per heavy atom. The number of nitrogens with one attached hydrogen (secondary N) is 1. The minimum absolute atomic E-state index is 0.0725. The maximum absolute atomic E-state index is 12.6. The molecule has 1 N–H and O–H groups in total. The Hall–Kier alpha value is -2.87. The lowest BCUT2D eigenvalue weighted by Gasteiger charge is -2.20. The molecule has 2 aromatic rings. The molecule has 0 saturated carbocycles. The molecule has 0 aliphatic heterocycles. The Labute approximate surface area is 167 Å². The highest BCUT2D eigenvalue weighted by Crippen LogP contribution is 2.22. The second-order valence-corrected chi connectivity index (χ2v) is 7.09. The van der Waals surface area contributed by atoms with E-state index >= 15 is 0 Å². The molecule has 0 aliphatic carbocycles. The van der Waals surface area contributed by atoms with E-state index in [4.69, 9.17) is 4.74 Å². The number of nitrogens with zero attached hydrogens (tertiary/aromatic N) is 1. The Morgan fingerprint density at radius 2 is 1.89 bits per heavy atom. The summed E-state index contributed by atoms with van der Waals surface area (Å²) >= 11 is 1.56. The molecule has 0 bridgehead atoms. The fourth-order valence-electron chi connectivity index (χ4n) is 2.53. The monoisotopic (exact) mass is 402 g/mol. The molecule has 0 saturated heterocycles. The molecule has 2 rings (SSSR count). The molecule has 0 fully saturated rings. The fraction of sp³-hybridized carbons (Fsp3) is 0.300. The molecule has 0 radical (unpaired) electrons. The minimum Gasteiger partial charge on any atom is -0.456 e. The summed E-state index contributed by atoms with van der Waals surface area (Å²) in [4.78, 5) is 35.5. The van der Waals surface area contributed by atoms with Crippen LogP contribution < -0.4 is 5.32 Å². The third kappa shape index (κ3) is 6.09. The summed E-state index contributed by atoms with van der Waals surface area (Å²) in [5, 5.41) is 13.6. The zero-order chi connectivity index (χ0) is 20.5. The van der Waals surface area contributed by atoms with Gasteiger partial charge in [0.2, 0.25) is 0 Å². The van der Waals surface area contributed by atoms with Crippen molar-refractivity contribution in [3.8, 4) is 0 Å². The molecule has 0 unspecified atom stereocenters. The van der Waals surface area contributed by atoms with Gasteiger partial charge in [-0.1, -0.05) is 30.3 Å². The molecule has 148 valence electrons. The van der Waals surface area contributed by atoms with Gasteiger partial charge in [0, 0.05) is 17.7 Å². The van der Waals surface area contributed by atoms with Crippen molar-refractivity contribution in [3.05, 3.63) is 75.8 Å². The van der Waals surface area contributed by atoms with Crippen LogP contribution in [-0.4, -0.2) is 34.9 Å². The number of carbonyl (C=O) groups excluding carboxylic acids is 2. The lowest BCUT2D eigenvalue weighted by molar-refractivity contribution is -0.385. The number of amides is 1. The molecule has 0 aliphatic rings. The predicted molar refractivity (Wildman–Crippen MR) is 108 cm³/mol. The topological polar surface area (TPSA) is 98.5 Å². The van der Waals surface area contributed by atoms with Crippen molar-refractivity contribution in [2.24, 2.45) is 0 Å². The van der Waals surface area contributed by atoms with Crippen LogP contribution in [0.4, 0.5) is 5.69 Å². The van der Waals surface area contributed by atoms with Gasteiger partial charge in [0.25, 0.3) is 11.6 Å². The predicted octanol–water partition coefficient (Wildman–Crippen LogP) is 3.75. The number of carbonyl (C=O) groups is 2. The molecule has 7 nitrogen and oxygen atoms in total. The van der Waals surface area contributed by atoms with Gasteiger partial charge in [-0.15, -0.1) is 0 Å².